The molecule has 0 saturated carbocycles. The van der Waals surface area contributed by atoms with Gasteiger partial charge in [0, 0.05) is 5.92 Å². The Balaban J connectivity index is 4.23. The predicted molar refractivity (Wildman–Crippen MR) is 50.5 cm³/mol. The molecule has 0 saturated heterocycles. The van der Waals surface area contributed by atoms with E-state index >= 15 is 0 Å². The van der Waals surface area contributed by atoms with Crippen LogP contribution in [0.4, 0.5) is 8.78 Å². The summed E-state index contributed by atoms with van der Waals surface area (Å²) in [6.45, 7) is 6.03. The quantitative estimate of drug-likeness (QED) is 0.670. The first kappa shape index (κ1) is 13.5. The third kappa shape index (κ3) is 4.13. The molecule has 0 heterocycles. The van der Waals surface area contributed by atoms with Crippen molar-refractivity contribution in [3.63, 3.8) is 0 Å². The zero-order valence-corrected chi connectivity index (χ0v) is 9.14. The number of carbonyl (C=O) groups excluding carboxylic acids is 1. The number of alkyl halides is 2. The summed E-state index contributed by atoms with van der Waals surface area (Å²) in [4.78, 5) is 11.6. The first-order valence-electron chi connectivity index (χ1n) is 4.77. The van der Waals surface area contributed by atoms with E-state index in [1.165, 1.54) is 13.8 Å². The molecule has 1 unspecified atom stereocenters. The summed E-state index contributed by atoms with van der Waals surface area (Å²) in [5, 5.41) is 0. The van der Waals surface area contributed by atoms with Crippen LogP contribution in [0.5, 0.6) is 0 Å². The molecule has 0 aromatic heterocycles. The van der Waals surface area contributed by atoms with Crippen molar-refractivity contribution < 1.29 is 18.3 Å². The summed E-state index contributed by atoms with van der Waals surface area (Å²) in [6.07, 6.45) is -1.83. The molecule has 0 fully saturated rings. The van der Waals surface area contributed by atoms with E-state index < -0.39 is 18.6 Å². The molecule has 0 bridgehead atoms. The van der Waals surface area contributed by atoms with Gasteiger partial charge < -0.3 is 4.74 Å². The fraction of sp³-hybridized carbons (Fsp3) is 0.900. The highest BCUT2D eigenvalue weighted by Crippen LogP contribution is 2.19. The number of carbonyl (C=O) groups is 1. The number of Topliss-reactive ketones (excluding diaryl/α,β-unsaturated/α-hetero) is 1. The van der Waals surface area contributed by atoms with Crippen LogP contribution >= 0.6 is 0 Å². The van der Waals surface area contributed by atoms with Gasteiger partial charge in [-0.15, -0.1) is 0 Å². The fourth-order valence-electron chi connectivity index (χ4n) is 1.12. The lowest BCUT2D eigenvalue weighted by molar-refractivity contribution is -0.148. The van der Waals surface area contributed by atoms with Crippen molar-refractivity contribution in [2.24, 2.45) is 5.92 Å². The van der Waals surface area contributed by atoms with Gasteiger partial charge in [-0.25, -0.2) is 8.78 Å². The molecule has 0 N–H and O–H groups in total. The first-order chi connectivity index (χ1) is 6.31. The fourth-order valence-corrected chi connectivity index (χ4v) is 1.12. The molecule has 0 aliphatic carbocycles. The Kier molecular flexibility index (Phi) is 5.19. The van der Waals surface area contributed by atoms with E-state index in [2.05, 4.69) is 0 Å². The molecular weight excluding hydrogens is 190 g/mol. The van der Waals surface area contributed by atoms with Crippen molar-refractivity contribution in [1.82, 2.24) is 0 Å². The second-order valence-corrected chi connectivity index (χ2v) is 3.89. The molecule has 0 rings (SSSR count). The minimum Gasteiger partial charge on any atom is -0.362 e. The van der Waals surface area contributed by atoms with E-state index in [1.807, 2.05) is 6.92 Å². The summed E-state index contributed by atoms with van der Waals surface area (Å²) in [5.41, 5.74) is -1.11. The van der Waals surface area contributed by atoms with E-state index in [4.69, 9.17) is 4.74 Å². The van der Waals surface area contributed by atoms with Gasteiger partial charge in [0.15, 0.2) is 5.78 Å². The van der Waals surface area contributed by atoms with E-state index in [0.717, 1.165) is 0 Å². The monoisotopic (exact) mass is 208 g/mol. The number of ether oxygens (including phenoxy) is 1. The Bertz CT molecular complexity index is 191. The zero-order chi connectivity index (χ0) is 11.4. The van der Waals surface area contributed by atoms with Crippen LogP contribution in [-0.2, 0) is 9.53 Å². The SMILES string of the molecule is CCC(C)C(=O)C(C)(C)OCC(F)F. The van der Waals surface area contributed by atoms with Gasteiger partial charge in [0.2, 0.25) is 0 Å². The maximum absolute atomic E-state index is 11.9. The van der Waals surface area contributed by atoms with Gasteiger partial charge in [-0.3, -0.25) is 4.79 Å². The van der Waals surface area contributed by atoms with Gasteiger partial charge in [0.1, 0.15) is 12.2 Å². The largest absolute Gasteiger partial charge is 0.362 e. The van der Waals surface area contributed by atoms with Crippen LogP contribution < -0.4 is 0 Å². The molecule has 2 nitrogen and oxygen atoms in total. The Hall–Kier alpha value is -0.510. The third-order valence-electron chi connectivity index (χ3n) is 2.22. The summed E-state index contributed by atoms with van der Waals surface area (Å²) in [7, 11) is 0. The molecule has 4 heteroatoms. The molecule has 0 aromatic carbocycles. The van der Waals surface area contributed by atoms with E-state index in [0.29, 0.717) is 6.42 Å². The molecule has 84 valence electrons. The zero-order valence-electron chi connectivity index (χ0n) is 9.14. The van der Waals surface area contributed by atoms with Crippen molar-refractivity contribution in [3.05, 3.63) is 0 Å². The molecule has 0 aliphatic heterocycles. The first-order valence-corrected chi connectivity index (χ1v) is 4.77. The van der Waals surface area contributed by atoms with Gasteiger partial charge in [0.05, 0.1) is 0 Å². The van der Waals surface area contributed by atoms with Gasteiger partial charge in [-0.2, -0.15) is 0 Å². The minimum atomic E-state index is -2.53. The van der Waals surface area contributed by atoms with E-state index in [1.54, 1.807) is 6.92 Å². The van der Waals surface area contributed by atoms with E-state index in [-0.39, 0.29) is 11.7 Å². The van der Waals surface area contributed by atoms with Gasteiger partial charge in [-0.05, 0) is 20.3 Å². The van der Waals surface area contributed by atoms with Crippen LogP contribution in [0.15, 0.2) is 0 Å². The molecule has 0 aromatic rings. The third-order valence-corrected chi connectivity index (χ3v) is 2.22. The Morgan fingerprint density at radius 2 is 1.93 bits per heavy atom. The highest BCUT2D eigenvalue weighted by molar-refractivity contribution is 5.88. The highest BCUT2D eigenvalue weighted by atomic mass is 19.3. The van der Waals surface area contributed by atoms with Crippen LogP contribution in [-0.4, -0.2) is 24.4 Å². The smallest absolute Gasteiger partial charge is 0.261 e. The molecular formula is C10H18F2O2. The highest BCUT2D eigenvalue weighted by Gasteiger charge is 2.32. The predicted octanol–water partition coefficient (Wildman–Crippen LogP) is 2.66. The average molecular weight is 208 g/mol. The topological polar surface area (TPSA) is 26.3 Å². The Labute approximate surface area is 83.6 Å². The second-order valence-electron chi connectivity index (χ2n) is 3.89. The summed E-state index contributed by atoms with van der Waals surface area (Å²) < 4.78 is 28.6. The van der Waals surface area contributed by atoms with E-state index in [9.17, 15) is 13.6 Å². The number of hydrogen-bond acceptors (Lipinski definition) is 2. The van der Waals surface area contributed by atoms with Crippen molar-refractivity contribution in [2.45, 2.75) is 46.1 Å². The molecule has 14 heavy (non-hydrogen) atoms. The number of halogens is 2. The molecule has 1 atom stereocenters. The molecule has 0 spiro atoms. The summed E-state index contributed by atoms with van der Waals surface area (Å²) in [5.74, 6) is -0.275. The maximum Gasteiger partial charge on any atom is 0.261 e. The standard InChI is InChI=1S/C10H18F2O2/c1-5-7(2)9(13)10(3,4)14-6-8(11)12/h7-8H,5-6H2,1-4H3. The number of ketones is 1. The van der Waals surface area contributed by atoms with Gasteiger partial charge in [-0.1, -0.05) is 13.8 Å². The van der Waals surface area contributed by atoms with Crippen molar-refractivity contribution >= 4 is 5.78 Å². The van der Waals surface area contributed by atoms with Crippen LogP contribution in [0.3, 0.4) is 0 Å². The van der Waals surface area contributed by atoms with Crippen molar-refractivity contribution in [1.29, 1.82) is 0 Å². The number of rotatable bonds is 6. The number of hydrogen-bond donors (Lipinski definition) is 0. The van der Waals surface area contributed by atoms with Gasteiger partial charge >= 0.3 is 0 Å². The normalized spacial score (nSPS) is 14.5. The summed E-state index contributed by atoms with van der Waals surface area (Å²) >= 11 is 0. The van der Waals surface area contributed by atoms with Crippen molar-refractivity contribution in [2.75, 3.05) is 6.61 Å². The minimum absolute atomic E-state index is 0.124. The van der Waals surface area contributed by atoms with Crippen LogP contribution in [0.1, 0.15) is 34.1 Å². The lowest BCUT2D eigenvalue weighted by Crippen LogP contribution is -2.39. The molecule has 0 radical (unpaired) electrons. The van der Waals surface area contributed by atoms with Gasteiger partial charge in [0.25, 0.3) is 6.43 Å². The molecule has 0 amide bonds. The lowest BCUT2D eigenvalue weighted by atomic mass is 9.91. The summed E-state index contributed by atoms with van der Waals surface area (Å²) in [6, 6.07) is 0. The lowest BCUT2D eigenvalue weighted by Gasteiger charge is -2.26. The molecule has 0 aliphatic rings. The average Bonchev–Trinajstić information content (AvgIpc) is 2.12. The maximum atomic E-state index is 11.9. The Morgan fingerprint density at radius 1 is 1.43 bits per heavy atom. The van der Waals surface area contributed by atoms with Crippen molar-refractivity contribution in [3.8, 4) is 0 Å². The second kappa shape index (κ2) is 5.39. The van der Waals surface area contributed by atoms with Crippen LogP contribution in [0.2, 0.25) is 0 Å². The van der Waals surface area contributed by atoms with Crippen LogP contribution in [0, 0.1) is 5.92 Å². The Morgan fingerprint density at radius 3 is 2.29 bits per heavy atom. The van der Waals surface area contributed by atoms with Crippen LogP contribution in [0.25, 0.3) is 0 Å².